The van der Waals surface area contributed by atoms with Crippen LogP contribution in [0, 0.1) is 11.8 Å². The monoisotopic (exact) mass is 427 g/mol. The van der Waals surface area contributed by atoms with E-state index in [0.717, 1.165) is 24.9 Å². The largest absolute Gasteiger partial charge is 0.508 e. The smallest absolute Gasteiger partial charge is 0.310 e. The van der Waals surface area contributed by atoms with Crippen molar-refractivity contribution in [1.29, 1.82) is 0 Å². The average Bonchev–Trinajstić information content (AvgIpc) is 2.68. The van der Waals surface area contributed by atoms with Gasteiger partial charge < -0.3 is 15.1 Å². The molecule has 0 aliphatic rings. The van der Waals surface area contributed by atoms with Crippen LogP contribution in [-0.4, -0.2) is 41.7 Å². The molecular weight excluding hydrogens is 386 g/mol. The van der Waals surface area contributed by atoms with Gasteiger partial charge in [-0.3, -0.25) is 4.79 Å². The highest BCUT2D eigenvalue weighted by molar-refractivity contribution is 5.75. The van der Waals surface area contributed by atoms with Crippen LogP contribution in [0.3, 0.4) is 0 Å². The number of rotatable bonds is 9. The lowest BCUT2D eigenvalue weighted by Gasteiger charge is -2.26. The molecule has 0 heterocycles. The van der Waals surface area contributed by atoms with Crippen molar-refractivity contribution in [2.24, 2.45) is 11.8 Å². The Morgan fingerprint density at radius 1 is 0.968 bits per heavy atom. The molecule has 0 amide bonds. The summed E-state index contributed by atoms with van der Waals surface area (Å²) in [5.74, 6) is 0.932. The number of carboxylic acid groups (broad SMARTS) is 1. The second-order valence-electron chi connectivity index (χ2n) is 9.25. The molecule has 0 aliphatic heterocycles. The van der Waals surface area contributed by atoms with Crippen molar-refractivity contribution in [3.63, 3.8) is 0 Å². The van der Waals surface area contributed by atoms with E-state index in [1.54, 1.807) is 13.0 Å². The average molecular weight is 428 g/mol. The van der Waals surface area contributed by atoms with Crippen molar-refractivity contribution < 1.29 is 15.0 Å². The molecule has 2 N–H and O–H groups in total. The number of carboxylic acids is 1. The lowest BCUT2D eigenvalue weighted by molar-refractivity contribution is -0.138. The number of aromatic hydroxyl groups is 1. The van der Waals surface area contributed by atoms with Crippen molar-refractivity contribution in [3.8, 4) is 5.75 Å². The van der Waals surface area contributed by atoms with E-state index < -0.39 is 11.9 Å². The fourth-order valence-electron chi connectivity index (χ4n) is 3.98. The number of aliphatic carboxylic acids is 1. The maximum Gasteiger partial charge on any atom is 0.310 e. The minimum atomic E-state index is -0.772. The molecule has 31 heavy (non-hydrogen) atoms. The van der Waals surface area contributed by atoms with Gasteiger partial charge in [-0.15, -0.1) is 0 Å². The van der Waals surface area contributed by atoms with Gasteiger partial charge in [-0.25, -0.2) is 0 Å². The molecule has 0 saturated heterocycles. The zero-order valence-electron chi connectivity index (χ0n) is 20.3. The number of phenolic OH excluding ortho intramolecular Hbond substituents is 1. The fraction of sp³-hybridized carbons (Fsp3) is 0.519. The van der Waals surface area contributed by atoms with Crippen LogP contribution in [0.2, 0.25) is 0 Å². The maximum atomic E-state index is 10.8. The van der Waals surface area contributed by atoms with Gasteiger partial charge in [0, 0.05) is 6.54 Å². The Labute approximate surface area is 188 Å². The molecule has 4 nitrogen and oxygen atoms in total. The minimum Gasteiger partial charge on any atom is -0.508 e. The second-order valence-corrected chi connectivity index (χ2v) is 9.25. The SMILES string of the molecule is CC(C)Cc1ccc(C(C)C(=O)O)cc1.CC[C@@H](c1cccc(O)c1)[C@@H](C)CN(C)C. The first-order valence-electron chi connectivity index (χ1n) is 11.3. The van der Waals surface area contributed by atoms with E-state index >= 15 is 0 Å². The third kappa shape index (κ3) is 9.56. The van der Waals surface area contributed by atoms with Crippen molar-refractivity contribution in [2.75, 3.05) is 20.6 Å². The summed E-state index contributed by atoms with van der Waals surface area (Å²) in [6.45, 7) is 11.6. The van der Waals surface area contributed by atoms with Gasteiger partial charge in [0.2, 0.25) is 0 Å². The van der Waals surface area contributed by atoms with Gasteiger partial charge in [0.05, 0.1) is 5.92 Å². The normalized spacial score (nSPS) is 14.0. The zero-order valence-corrected chi connectivity index (χ0v) is 20.3. The summed E-state index contributed by atoms with van der Waals surface area (Å²) in [5, 5.41) is 18.4. The van der Waals surface area contributed by atoms with Crippen LogP contribution in [0.25, 0.3) is 0 Å². The van der Waals surface area contributed by atoms with Crippen LogP contribution in [-0.2, 0) is 11.2 Å². The summed E-state index contributed by atoms with van der Waals surface area (Å²) >= 11 is 0. The first kappa shape index (κ1) is 26.7. The van der Waals surface area contributed by atoms with Crippen LogP contribution in [0.4, 0.5) is 0 Å². The van der Waals surface area contributed by atoms with Gasteiger partial charge in [0.25, 0.3) is 0 Å². The van der Waals surface area contributed by atoms with Gasteiger partial charge in [-0.2, -0.15) is 0 Å². The molecule has 1 unspecified atom stereocenters. The van der Waals surface area contributed by atoms with Crippen molar-refractivity contribution in [3.05, 3.63) is 65.2 Å². The second kappa shape index (κ2) is 13.2. The molecule has 0 aromatic heterocycles. The van der Waals surface area contributed by atoms with E-state index in [4.69, 9.17) is 5.11 Å². The predicted molar refractivity (Wildman–Crippen MR) is 130 cm³/mol. The summed E-state index contributed by atoms with van der Waals surface area (Å²) in [5.41, 5.74) is 3.39. The summed E-state index contributed by atoms with van der Waals surface area (Å²) in [6, 6.07) is 15.5. The Kier molecular flexibility index (Phi) is 11.3. The third-order valence-electron chi connectivity index (χ3n) is 5.57. The zero-order chi connectivity index (χ0) is 23.6. The van der Waals surface area contributed by atoms with Crippen LogP contribution < -0.4 is 0 Å². The molecule has 0 radical (unpaired) electrons. The highest BCUT2D eigenvalue weighted by Gasteiger charge is 2.18. The van der Waals surface area contributed by atoms with Crippen molar-refractivity contribution in [1.82, 2.24) is 4.90 Å². The molecule has 0 bridgehead atoms. The first-order valence-corrected chi connectivity index (χ1v) is 11.3. The molecule has 0 aliphatic carbocycles. The first-order chi connectivity index (χ1) is 14.5. The molecule has 0 fully saturated rings. The van der Waals surface area contributed by atoms with E-state index in [0.29, 0.717) is 23.5 Å². The molecule has 0 saturated carbocycles. The number of benzene rings is 2. The number of hydrogen-bond donors (Lipinski definition) is 2. The number of hydrogen-bond acceptors (Lipinski definition) is 3. The predicted octanol–water partition coefficient (Wildman–Crippen LogP) is 6.16. The lowest BCUT2D eigenvalue weighted by atomic mass is 9.85. The molecule has 4 heteroatoms. The standard InChI is InChI=1S/C14H23NO.C13H18O2/c1-5-14(11(2)10-15(3)4)12-7-6-8-13(16)9-12;1-9(2)8-11-4-6-12(7-5-11)10(3)13(14)15/h6-9,11,14,16H,5,10H2,1-4H3;4-7,9-10H,8H2,1-3H3,(H,14,15)/t11-,14+;/m0./s1. The lowest BCUT2D eigenvalue weighted by Crippen LogP contribution is -2.24. The van der Waals surface area contributed by atoms with Gasteiger partial charge >= 0.3 is 5.97 Å². The van der Waals surface area contributed by atoms with Crippen LogP contribution in [0.15, 0.2) is 48.5 Å². The highest BCUT2D eigenvalue weighted by atomic mass is 16.4. The fourth-order valence-corrected chi connectivity index (χ4v) is 3.98. The Morgan fingerprint density at radius 3 is 2.03 bits per heavy atom. The summed E-state index contributed by atoms with van der Waals surface area (Å²) in [4.78, 5) is 13.0. The number of carbonyl (C=O) groups is 1. The van der Waals surface area contributed by atoms with Crippen molar-refractivity contribution in [2.45, 2.75) is 59.3 Å². The molecule has 0 spiro atoms. The summed E-state index contributed by atoms with van der Waals surface area (Å²) < 4.78 is 0. The van der Waals surface area contributed by atoms with Gasteiger partial charge in [0.15, 0.2) is 0 Å². The molecule has 3 atom stereocenters. The summed E-state index contributed by atoms with van der Waals surface area (Å²) in [7, 11) is 4.21. The highest BCUT2D eigenvalue weighted by Crippen LogP contribution is 2.30. The van der Waals surface area contributed by atoms with E-state index in [2.05, 4.69) is 52.8 Å². The Bertz CT molecular complexity index is 783. The van der Waals surface area contributed by atoms with E-state index in [-0.39, 0.29) is 0 Å². The van der Waals surface area contributed by atoms with Crippen LogP contribution in [0.5, 0.6) is 5.75 Å². The minimum absolute atomic E-state index is 0.369. The molecule has 172 valence electrons. The summed E-state index contributed by atoms with van der Waals surface area (Å²) in [6.07, 6.45) is 2.15. The van der Waals surface area contributed by atoms with Crippen LogP contribution in [0.1, 0.15) is 69.6 Å². The number of phenols is 1. The Hall–Kier alpha value is -2.33. The number of nitrogens with zero attached hydrogens (tertiary/aromatic N) is 1. The quantitative estimate of drug-likeness (QED) is 0.503. The van der Waals surface area contributed by atoms with E-state index in [1.807, 2.05) is 36.4 Å². The van der Waals surface area contributed by atoms with Crippen LogP contribution >= 0.6 is 0 Å². The molecular formula is C27H41NO3. The van der Waals surface area contributed by atoms with Gasteiger partial charge in [-0.05, 0) is 80.4 Å². The van der Waals surface area contributed by atoms with Gasteiger partial charge in [-0.1, -0.05) is 64.1 Å². The Morgan fingerprint density at radius 2 is 1.58 bits per heavy atom. The van der Waals surface area contributed by atoms with Crippen molar-refractivity contribution >= 4 is 5.97 Å². The maximum absolute atomic E-state index is 10.8. The third-order valence-corrected chi connectivity index (χ3v) is 5.57. The molecule has 2 aromatic rings. The Balaban J connectivity index is 0.000000311. The van der Waals surface area contributed by atoms with E-state index in [1.165, 1.54) is 11.1 Å². The molecule has 2 aromatic carbocycles. The van der Waals surface area contributed by atoms with E-state index in [9.17, 15) is 9.90 Å². The molecule has 2 rings (SSSR count). The topological polar surface area (TPSA) is 60.8 Å². The van der Waals surface area contributed by atoms with Gasteiger partial charge in [0.1, 0.15) is 5.75 Å².